The number of imide groups is 1. The normalized spacial score (nSPS) is 22.7. The summed E-state index contributed by atoms with van der Waals surface area (Å²) in [7, 11) is 0. The van der Waals surface area contributed by atoms with Crippen molar-refractivity contribution >= 4 is 52.4 Å². The van der Waals surface area contributed by atoms with Crippen molar-refractivity contribution < 1.29 is 19.1 Å². The standard InChI is InChI=1S/C14H11Cl2N3O4/c1-2-23-14(22)11-9-10(17-18-11)13(21)19(12(9)20)8-4-3-6(15)5-7(8)16/h3-5,9-10,17H,2H2,1H3/t9-,10+/m1/s1. The summed E-state index contributed by atoms with van der Waals surface area (Å²) >= 11 is 11.9. The van der Waals surface area contributed by atoms with Gasteiger partial charge in [-0.2, -0.15) is 5.10 Å². The third kappa shape index (κ3) is 2.46. The molecule has 2 amide bonds. The van der Waals surface area contributed by atoms with E-state index in [0.29, 0.717) is 5.02 Å². The van der Waals surface area contributed by atoms with Crippen LogP contribution in [0.4, 0.5) is 5.69 Å². The van der Waals surface area contributed by atoms with Crippen LogP contribution in [0.3, 0.4) is 0 Å². The maximum Gasteiger partial charge on any atom is 0.355 e. The fourth-order valence-corrected chi connectivity index (χ4v) is 3.06. The third-order valence-corrected chi connectivity index (χ3v) is 4.10. The number of hydrazone groups is 1. The van der Waals surface area contributed by atoms with Gasteiger partial charge in [-0.05, 0) is 25.1 Å². The second-order valence-corrected chi connectivity index (χ2v) is 5.75. The predicted octanol–water partition coefficient (Wildman–Crippen LogP) is 1.37. The molecule has 7 nitrogen and oxygen atoms in total. The van der Waals surface area contributed by atoms with Crippen molar-refractivity contribution in [2.45, 2.75) is 13.0 Å². The molecule has 0 aliphatic carbocycles. The Morgan fingerprint density at radius 1 is 1.35 bits per heavy atom. The van der Waals surface area contributed by atoms with Crippen LogP contribution in [-0.4, -0.2) is 36.1 Å². The summed E-state index contributed by atoms with van der Waals surface area (Å²) in [6.45, 7) is 1.78. The maximum absolute atomic E-state index is 12.6. The van der Waals surface area contributed by atoms with E-state index >= 15 is 0 Å². The average Bonchev–Trinajstić information content (AvgIpc) is 3.02. The Balaban J connectivity index is 1.95. The summed E-state index contributed by atoms with van der Waals surface area (Å²) in [5, 5.41) is 4.31. The quantitative estimate of drug-likeness (QED) is 0.653. The van der Waals surface area contributed by atoms with Gasteiger partial charge in [-0.1, -0.05) is 23.2 Å². The molecular weight excluding hydrogens is 345 g/mol. The number of carbonyl (C=O) groups excluding carboxylic acids is 3. The van der Waals surface area contributed by atoms with E-state index in [1.807, 2.05) is 0 Å². The van der Waals surface area contributed by atoms with Crippen LogP contribution in [0.25, 0.3) is 0 Å². The lowest BCUT2D eigenvalue weighted by atomic mass is 9.99. The van der Waals surface area contributed by atoms with Crippen molar-refractivity contribution in [1.82, 2.24) is 5.43 Å². The van der Waals surface area contributed by atoms with E-state index in [-0.39, 0.29) is 23.0 Å². The molecule has 0 saturated carbocycles. The molecule has 120 valence electrons. The molecule has 3 rings (SSSR count). The van der Waals surface area contributed by atoms with Gasteiger partial charge in [0.2, 0.25) is 5.91 Å². The number of hydrogen-bond acceptors (Lipinski definition) is 6. The molecule has 1 saturated heterocycles. The molecule has 2 aliphatic heterocycles. The van der Waals surface area contributed by atoms with Crippen molar-refractivity contribution in [1.29, 1.82) is 0 Å². The number of benzene rings is 1. The van der Waals surface area contributed by atoms with Gasteiger partial charge in [0.25, 0.3) is 5.91 Å². The highest BCUT2D eigenvalue weighted by Crippen LogP contribution is 2.35. The van der Waals surface area contributed by atoms with Crippen molar-refractivity contribution in [2.75, 3.05) is 11.5 Å². The highest BCUT2D eigenvalue weighted by Gasteiger charge is 2.56. The lowest BCUT2D eigenvalue weighted by Crippen LogP contribution is -2.36. The van der Waals surface area contributed by atoms with Crippen LogP contribution in [0.15, 0.2) is 23.3 Å². The summed E-state index contributed by atoms with van der Waals surface area (Å²) in [6.07, 6.45) is 0. The van der Waals surface area contributed by atoms with Gasteiger partial charge in [0, 0.05) is 5.02 Å². The maximum atomic E-state index is 12.6. The topological polar surface area (TPSA) is 88.1 Å². The van der Waals surface area contributed by atoms with Crippen molar-refractivity contribution in [3.8, 4) is 0 Å². The number of halogens is 2. The van der Waals surface area contributed by atoms with Crippen LogP contribution in [0.2, 0.25) is 10.0 Å². The Morgan fingerprint density at radius 2 is 2.09 bits per heavy atom. The number of nitrogens with one attached hydrogen (secondary N) is 1. The van der Waals surface area contributed by atoms with E-state index in [4.69, 9.17) is 27.9 Å². The first-order valence-corrected chi connectivity index (χ1v) is 7.54. The smallest absolute Gasteiger partial charge is 0.355 e. The predicted molar refractivity (Wildman–Crippen MR) is 83.4 cm³/mol. The Bertz CT molecular complexity index is 750. The van der Waals surface area contributed by atoms with E-state index in [9.17, 15) is 14.4 Å². The molecule has 0 aromatic heterocycles. The number of amides is 2. The molecule has 0 bridgehead atoms. The zero-order valence-corrected chi connectivity index (χ0v) is 13.4. The van der Waals surface area contributed by atoms with Crippen molar-refractivity contribution in [3.63, 3.8) is 0 Å². The van der Waals surface area contributed by atoms with Crippen LogP contribution in [-0.2, 0) is 19.1 Å². The fourth-order valence-electron chi connectivity index (χ4n) is 2.56. The summed E-state index contributed by atoms with van der Waals surface area (Å²) in [5.41, 5.74) is 2.63. The number of hydrogen-bond donors (Lipinski definition) is 1. The highest BCUT2D eigenvalue weighted by atomic mass is 35.5. The molecule has 1 fully saturated rings. The average molecular weight is 356 g/mol. The summed E-state index contributed by atoms with van der Waals surface area (Å²) in [6, 6.07) is 3.49. The van der Waals surface area contributed by atoms with Gasteiger partial charge in [-0.25, -0.2) is 9.69 Å². The van der Waals surface area contributed by atoms with Gasteiger partial charge in [0.1, 0.15) is 12.0 Å². The second-order valence-electron chi connectivity index (χ2n) is 4.91. The molecule has 2 heterocycles. The number of esters is 1. The monoisotopic (exact) mass is 355 g/mol. The van der Waals surface area contributed by atoms with Gasteiger partial charge in [0.05, 0.1) is 17.3 Å². The van der Waals surface area contributed by atoms with Crippen LogP contribution >= 0.6 is 23.2 Å². The molecule has 2 aliphatic rings. The third-order valence-electron chi connectivity index (χ3n) is 3.56. The van der Waals surface area contributed by atoms with Crippen LogP contribution in [0.1, 0.15) is 6.92 Å². The van der Waals surface area contributed by atoms with E-state index in [1.165, 1.54) is 18.2 Å². The lowest BCUT2D eigenvalue weighted by Gasteiger charge is -2.17. The Kier molecular flexibility index (Phi) is 3.99. The number of rotatable bonds is 3. The van der Waals surface area contributed by atoms with E-state index in [0.717, 1.165) is 4.90 Å². The summed E-state index contributed by atoms with van der Waals surface area (Å²) in [5.74, 6) is -2.86. The zero-order chi connectivity index (χ0) is 16.7. The number of carbonyl (C=O) groups is 3. The van der Waals surface area contributed by atoms with Crippen LogP contribution in [0, 0.1) is 5.92 Å². The molecule has 0 unspecified atom stereocenters. The number of ether oxygens (including phenoxy) is 1. The van der Waals surface area contributed by atoms with Crippen LogP contribution < -0.4 is 10.3 Å². The molecule has 23 heavy (non-hydrogen) atoms. The van der Waals surface area contributed by atoms with Gasteiger partial charge in [-0.15, -0.1) is 0 Å². The number of nitrogens with zero attached hydrogens (tertiary/aromatic N) is 2. The first kappa shape index (κ1) is 15.8. The number of fused-ring (bicyclic) bond motifs is 1. The first-order valence-electron chi connectivity index (χ1n) is 6.78. The van der Waals surface area contributed by atoms with Gasteiger partial charge >= 0.3 is 5.97 Å². The Labute approximate surface area is 141 Å². The molecule has 1 N–H and O–H groups in total. The molecule has 9 heteroatoms. The minimum Gasteiger partial charge on any atom is -0.461 e. The van der Waals surface area contributed by atoms with E-state index < -0.39 is 29.7 Å². The Morgan fingerprint density at radius 3 is 2.74 bits per heavy atom. The zero-order valence-electron chi connectivity index (χ0n) is 11.9. The molecule has 0 spiro atoms. The van der Waals surface area contributed by atoms with Gasteiger partial charge < -0.3 is 4.74 Å². The molecule has 1 aromatic rings. The molecular formula is C14H11Cl2N3O4. The fraction of sp³-hybridized carbons (Fsp3) is 0.286. The van der Waals surface area contributed by atoms with E-state index in [1.54, 1.807) is 6.92 Å². The molecule has 1 aromatic carbocycles. The van der Waals surface area contributed by atoms with Gasteiger partial charge in [0.15, 0.2) is 5.71 Å². The largest absolute Gasteiger partial charge is 0.461 e. The minimum absolute atomic E-state index is 0.109. The Hall–Kier alpha value is -2.12. The van der Waals surface area contributed by atoms with Crippen LogP contribution in [0.5, 0.6) is 0 Å². The second kappa shape index (κ2) is 5.82. The number of anilines is 1. The van der Waals surface area contributed by atoms with Crippen molar-refractivity contribution in [3.05, 3.63) is 28.2 Å². The molecule has 2 atom stereocenters. The first-order chi connectivity index (χ1) is 11.0. The summed E-state index contributed by atoms with van der Waals surface area (Å²) < 4.78 is 4.86. The van der Waals surface area contributed by atoms with E-state index in [2.05, 4.69) is 10.5 Å². The minimum atomic E-state index is -1.02. The summed E-state index contributed by atoms with van der Waals surface area (Å²) in [4.78, 5) is 37.9. The van der Waals surface area contributed by atoms with Crippen molar-refractivity contribution in [2.24, 2.45) is 11.0 Å². The molecule has 0 radical (unpaired) electrons. The van der Waals surface area contributed by atoms with Gasteiger partial charge in [-0.3, -0.25) is 15.0 Å². The lowest BCUT2D eigenvalue weighted by molar-refractivity contribution is -0.136. The highest BCUT2D eigenvalue weighted by molar-refractivity contribution is 6.47. The SMILES string of the molecule is CCOC(=O)C1=NN[C@@H]2C(=O)N(c3ccc(Cl)cc3Cl)C(=O)[C@@H]12.